The highest BCUT2D eigenvalue weighted by Crippen LogP contribution is 2.39. The van der Waals surface area contributed by atoms with E-state index in [4.69, 9.17) is 11.4 Å². The Balaban J connectivity index is 2.23. The molecule has 0 aromatic heterocycles. The molecule has 0 radical (unpaired) electrons. The van der Waals surface area contributed by atoms with Gasteiger partial charge in [-0.15, -0.1) is 0 Å². The number of hydrogen-bond donors (Lipinski definition) is 0. The smallest absolute Gasteiger partial charge is 0.547 e. The molecule has 0 spiro atoms. The van der Waals surface area contributed by atoms with Crippen LogP contribution in [0.3, 0.4) is 0 Å². The molecular formula is C45H63AlO6. The average molecular weight is 727 g/mol. The predicted molar refractivity (Wildman–Crippen MR) is 214 cm³/mol. The van der Waals surface area contributed by atoms with Crippen LogP contribution in [0, 0.1) is 0 Å². The average Bonchev–Trinajstić information content (AvgIpc) is 2.97. The van der Waals surface area contributed by atoms with E-state index in [1.54, 1.807) is 18.2 Å². The predicted octanol–water partition coefficient (Wildman–Crippen LogP) is 11.3. The van der Waals surface area contributed by atoms with Gasteiger partial charge in [0.25, 0.3) is 0 Å². The fourth-order valence-electron chi connectivity index (χ4n) is 6.99. The lowest BCUT2D eigenvalue weighted by molar-refractivity contribution is 0.0406. The third kappa shape index (κ3) is 9.97. The first kappa shape index (κ1) is 43.0. The lowest BCUT2D eigenvalue weighted by Crippen LogP contribution is -2.37. The van der Waals surface area contributed by atoms with Crippen molar-refractivity contribution < 1.29 is 25.7 Å². The zero-order valence-electron chi connectivity index (χ0n) is 35.2. The van der Waals surface area contributed by atoms with Crippen LogP contribution in [0.1, 0.15) is 189 Å². The molecule has 3 aromatic carbocycles. The fraction of sp³-hybridized carbons (Fsp3) is 0.533. The maximum Gasteiger partial charge on any atom is 1.20 e. The first-order valence-electron chi connectivity index (χ1n) is 18.4. The Kier molecular flexibility index (Phi) is 12.2. The summed E-state index contributed by atoms with van der Waals surface area (Å²) in [5, 5.41) is 0. The van der Waals surface area contributed by atoms with Crippen molar-refractivity contribution in [3.63, 3.8) is 0 Å². The number of carbonyl (C=O) groups is 3. The van der Waals surface area contributed by atoms with Crippen LogP contribution in [-0.4, -0.2) is 33.1 Å². The minimum Gasteiger partial charge on any atom is -0.547 e. The molecule has 0 unspecified atom stereocenters. The van der Waals surface area contributed by atoms with Gasteiger partial charge in [-0.1, -0.05) is 161 Å². The summed E-state index contributed by atoms with van der Waals surface area (Å²) < 4.78 is 18.3. The van der Waals surface area contributed by atoms with Crippen molar-refractivity contribution in [3.05, 3.63) is 105 Å². The van der Waals surface area contributed by atoms with Crippen molar-refractivity contribution in [2.45, 2.75) is 157 Å². The SMILES string of the molecule is CC(C)(C)c1cccc(C(=O)[O][Al]([O]C(=O)c2cccc(C(C)(C)C)c2C(C)(C)C)[O]C(=O)c2cccc(C(C)(C)C)c2C(C)(C)C)c1C(C)(C)C. The molecule has 0 saturated heterocycles. The normalized spacial score (nSPS) is 13.0. The minimum absolute atomic E-state index is 0.266. The van der Waals surface area contributed by atoms with E-state index in [9.17, 15) is 14.4 Å². The van der Waals surface area contributed by atoms with Crippen molar-refractivity contribution in [3.8, 4) is 0 Å². The van der Waals surface area contributed by atoms with Gasteiger partial charge >= 0.3 is 33.1 Å². The minimum atomic E-state index is -3.86. The van der Waals surface area contributed by atoms with Gasteiger partial charge in [0.15, 0.2) is 0 Å². The van der Waals surface area contributed by atoms with Crippen molar-refractivity contribution in [2.75, 3.05) is 0 Å². The number of benzene rings is 3. The summed E-state index contributed by atoms with van der Waals surface area (Å²) in [5.74, 6) is -2.10. The number of rotatable bonds is 6. The Hall–Kier alpha value is -3.40. The molecule has 282 valence electrons. The Morgan fingerprint density at radius 3 is 0.750 bits per heavy atom. The summed E-state index contributed by atoms with van der Waals surface area (Å²) in [6.45, 7) is 37.4. The van der Waals surface area contributed by atoms with Crippen LogP contribution >= 0.6 is 0 Å². The lowest BCUT2D eigenvalue weighted by atomic mass is 9.73. The zero-order chi connectivity index (χ0) is 40.0. The van der Waals surface area contributed by atoms with E-state index in [-0.39, 0.29) is 16.2 Å². The third-order valence-corrected chi connectivity index (χ3v) is 10.4. The molecule has 52 heavy (non-hydrogen) atoms. The summed E-state index contributed by atoms with van der Waals surface area (Å²) in [6.07, 6.45) is 0. The third-order valence-electron chi connectivity index (χ3n) is 9.14. The van der Waals surface area contributed by atoms with Gasteiger partial charge in [0, 0.05) is 0 Å². The summed E-state index contributed by atoms with van der Waals surface area (Å²) in [4.78, 5) is 42.9. The lowest BCUT2D eigenvalue weighted by Gasteiger charge is -2.32. The monoisotopic (exact) mass is 726 g/mol. The molecule has 0 aliphatic carbocycles. The standard InChI is InChI=1S/3C15H22O2.Al/c3*1-14(2,3)11-9-7-8-10(13(16)17)12(11)15(4,5)6;/h3*7-9H,1-6H3,(H,16,17);/q;;;+3/p-3. The quantitative estimate of drug-likeness (QED) is 0.235. The maximum absolute atomic E-state index is 14.3. The largest absolute Gasteiger partial charge is 1.20 e. The van der Waals surface area contributed by atoms with E-state index in [0.717, 1.165) is 33.4 Å². The molecule has 3 rings (SSSR count). The second-order valence-electron chi connectivity index (χ2n) is 20.2. The highest BCUT2D eigenvalue weighted by Gasteiger charge is 2.51. The van der Waals surface area contributed by atoms with Gasteiger partial charge in [-0.05, 0) is 84.1 Å². The van der Waals surface area contributed by atoms with Crippen molar-refractivity contribution >= 4 is 33.1 Å². The molecule has 0 saturated carbocycles. The molecule has 0 aliphatic rings. The van der Waals surface area contributed by atoms with Crippen LogP contribution in [0.5, 0.6) is 0 Å². The summed E-state index contributed by atoms with van der Waals surface area (Å²) in [7, 11) is 0. The Morgan fingerprint density at radius 2 is 0.577 bits per heavy atom. The molecule has 0 amide bonds. The molecule has 0 fully saturated rings. The topological polar surface area (TPSA) is 78.9 Å². The zero-order valence-corrected chi connectivity index (χ0v) is 36.4. The Morgan fingerprint density at radius 1 is 0.365 bits per heavy atom. The first-order valence-corrected chi connectivity index (χ1v) is 19.8. The Labute approximate surface area is 319 Å². The molecular weight excluding hydrogens is 663 g/mol. The Bertz CT molecular complexity index is 1600. The van der Waals surface area contributed by atoms with Crippen LogP contribution in [0.15, 0.2) is 54.6 Å². The molecule has 0 aliphatic heterocycles. The summed E-state index contributed by atoms with van der Waals surface area (Å²) >= 11 is -3.86. The van der Waals surface area contributed by atoms with Crippen molar-refractivity contribution in [1.82, 2.24) is 0 Å². The van der Waals surface area contributed by atoms with Crippen LogP contribution in [-0.2, 0) is 43.9 Å². The van der Waals surface area contributed by atoms with Crippen LogP contribution < -0.4 is 0 Å². The molecule has 7 heteroatoms. The molecule has 0 bridgehead atoms. The van der Waals surface area contributed by atoms with E-state index in [1.807, 2.05) is 36.4 Å². The van der Waals surface area contributed by atoms with Gasteiger partial charge in [-0.3, -0.25) is 0 Å². The van der Waals surface area contributed by atoms with Crippen molar-refractivity contribution in [1.29, 1.82) is 0 Å². The van der Waals surface area contributed by atoms with Crippen molar-refractivity contribution in [2.24, 2.45) is 0 Å². The van der Waals surface area contributed by atoms with Crippen LogP contribution in [0.25, 0.3) is 0 Å². The van der Waals surface area contributed by atoms with Crippen LogP contribution in [0.4, 0.5) is 0 Å². The van der Waals surface area contributed by atoms with Gasteiger partial charge in [0.1, 0.15) is 0 Å². The maximum atomic E-state index is 14.3. The second-order valence-corrected chi connectivity index (χ2v) is 21.5. The van der Waals surface area contributed by atoms with Gasteiger partial charge in [0.05, 0.1) is 16.7 Å². The highest BCUT2D eigenvalue weighted by atomic mass is 27.3. The summed E-state index contributed by atoms with van der Waals surface area (Å²) in [5.41, 5.74) is 4.48. The molecule has 0 N–H and O–H groups in total. The molecule has 6 nitrogen and oxygen atoms in total. The number of hydrogen-bond acceptors (Lipinski definition) is 6. The molecule has 3 aromatic rings. The fourth-order valence-corrected chi connectivity index (χ4v) is 8.04. The summed E-state index contributed by atoms with van der Waals surface area (Å²) in [6, 6.07) is 16.8. The van der Waals surface area contributed by atoms with E-state index in [2.05, 4.69) is 125 Å². The number of carbonyl (C=O) groups excluding carboxylic acids is 3. The van der Waals surface area contributed by atoms with Gasteiger partial charge in [-0.2, -0.15) is 0 Å². The van der Waals surface area contributed by atoms with Gasteiger partial charge < -0.3 is 11.4 Å². The van der Waals surface area contributed by atoms with Crippen LogP contribution in [0.2, 0.25) is 0 Å². The van der Waals surface area contributed by atoms with E-state index >= 15 is 0 Å². The highest BCUT2D eigenvalue weighted by molar-refractivity contribution is 6.45. The molecule has 0 heterocycles. The van der Waals surface area contributed by atoms with Gasteiger partial charge in [0.2, 0.25) is 0 Å². The van der Waals surface area contributed by atoms with E-state index in [1.165, 1.54) is 0 Å². The first-order chi connectivity index (χ1) is 23.4. The van der Waals surface area contributed by atoms with E-state index in [0.29, 0.717) is 16.7 Å². The van der Waals surface area contributed by atoms with Gasteiger partial charge in [-0.25, -0.2) is 14.4 Å². The second kappa shape index (κ2) is 14.8. The van der Waals surface area contributed by atoms with E-state index < -0.39 is 49.3 Å². The molecule has 0 atom stereocenters.